The summed E-state index contributed by atoms with van der Waals surface area (Å²) in [7, 11) is 0. The monoisotopic (exact) mass is 961 g/mol. The van der Waals surface area contributed by atoms with Crippen molar-refractivity contribution in [3.05, 3.63) is 0 Å². The molecule has 0 rings (SSSR count). The zero-order valence-corrected chi connectivity index (χ0v) is 46.7. The number of rotatable bonds is 56. The van der Waals surface area contributed by atoms with E-state index in [0.29, 0.717) is 19.3 Å². The van der Waals surface area contributed by atoms with Gasteiger partial charge in [0, 0.05) is 19.3 Å². The quantitative estimate of drug-likeness (QED) is 0.0343. The highest BCUT2D eigenvalue weighted by molar-refractivity contribution is 5.71. The smallest absolute Gasteiger partial charge is 0.306 e. The fourth-order valence-corrected chi connectivity index (χ4v) is 9.55. The van der Waals surface area contributed by atoms with E-state index in [9.17, 15) is 14.4 Å². The third-order valence-electron chi connectivity index (χ3n) is 14.6. The average molecular weight is 962 g/mol. The summed E-state index contributed by atoms with van der Waals surface area (Å²) in [6.45, 7) is 11.5. The lowest BCUT2D eigenvalue weighted by molar-refractivity contribution is -0.167. The highest BCUT2D eigenvalue weighted by Crippen LogP contribution is 2.19. The largest absolute Gasteiger partial charge is 0.462 e. The molecule has 0 fully saturated rings. The average Bonchev–Trinajstić information content (AvgIpc) is 3.32. The first kappa shape index (κ1) is 66.4. The fourth-order valence-electron chi connectivity index (χ4n) is 9.55. The molecule has 0 amide bonds. The van der Waals surface area contributed by atoms with Gasteiger partial charge in [0.25, 0.3) is 0 Å². The molecule has 6 nitrogen and oxygen atoms in total. The van der Waals surface area contributed by atoms with Gasteiger partial charge in [0.15, 0.2) is 6.10 Å². The van der Waals surface area contributed by atoms with Crippen molar-refractivity contribution in [3.63, 3.8) is 0 Å². The van der Waals surface area contributed by atoms with E-state index < -0.39 is 6.10 Å². The summed E-state index contributed by atoms with van der Waals surface area (Å²) < 4.78 is 16.9. The van der Waals surface area contributed by atoms with Crippen LogP contribution in [-0.4, -0.2) is 37.2 Å². The Morgan fingerprint density at radius 2 is 0.559 bits per heavy atom. The Hall–Kier alpha value is -1.59. The summed E-state index contributed by atoms with van der Waals surface area (Å²) in [4.78, 5) is 38.2. The Morgan fingerprint density at radius 3 is 0.838 bits per heavy atom. The lowest BCUT2D eigenvalue weighted by Gasteiger charge is -2.18. The lowest BCUT2D eigenvalue weighted by Crippen LogP contribution is -2.30. The second-order valence-electron chi connectivity index (χ2n) is 22.1. The molecule has 0 heterocycles. The molecule has 2 atom stereocenters. The van der Waals surface area contributed by atoms with E-state index in [2.05, 4.69) is 34.6 Å². The van der Waals surface area contributed by atoms with Crippen LogP contribution in [-0.2, 0) is 28.6 Å². The van der Waals surface area contributed by atoms with Crippen molar-refractivity contribution in [2.24, 2.45) is 11.8 Å². The minimum Gasteiger partial charge on any atom is -0.462 e. The molecule has 0 radical (unpaired) electrons. The van der Waals surface area contributed by atoms with E-state index >= 15 is 0 Å². The summed E-state index contributed by atoms with van der Waals surface area (Å²) in [6, 6.07) is 0. The van der Waals surface area contributed by atoms with E-state index in [4.69, 9.17) is 14.2 Å². The number of carbonyl (C=O) groups excluding carboxylic acids is 3. The molecule has 0 aliphatic heterocycles. The van der Waals surface area contributed by atoms with Crippen molar-refractivity contribution in [1.82, 2.24) is 0 Å². The van der Waals surface area contributed by atoms with Crippen molar-refractivity contribution >= 4 is 17.9 Å². The van der Waals surface area contributed by atoms with Crippen LogP contribution >= 0.6 is 0 Å². The molecule has 6 heteroatoms. The van der Waals surface area contributed by atoms with Crippen molar-refractivity contribution in [2.75, 3.05) is 13.2 Å². The van der Waals surface area contributed by atoms with E-state index in [0.717, 1.165) is 69.6 Å². The van der Waals surface area contributed by atoms with Crippen LogP contribution in [0.1, 0.15) is 349 Å². The van der Waals surface area contributed by atoms with Gasteiger partial charge in [0.05, 0.1) is 0 Å². The van der Waals surface area contributed by atoms with Gasteiger partial charge in [0.1, 0.15) is 13.2 Å². The SMILES string of the molecule is CCCCCCCCCCCCCCCCCC(=O)OC[C@H](COC(=O)CCCCCCCCCCCCCCCCC(C)C)OC(=O)CCCCCCCCCCCCCCCCC(C)CC. The number of hydrogen-bond donors (Lipinski definition) is 0. The van der Waals surface area contributed by atoms with Crippen LogP contribution in [0.2, 0.25) is 0 Å². The fraction of sp³-hybridized carbons (Fsp3) is 0.952. The van der Waals surface area contributed by atoms with Gasteiger partial charge in [0.2, 0.25) is 0 Å². The van der Waals surface area contributed by atoms with E-state index in [1.165, 1.54) is 238 Å². The Balaban J connectivity index is 4.30. The molecule has 0 spiro atoms. The topological polar surface area (TPSA) is 78.9 Å². The van der Waals surface area contributed by atoms with Gasteiger partial charge in [-0.15, -0.1) is 0 Å². The number of hydrogen-bond acceptors (Lipinski definition) is 6. The molecule has 0 aromatic carbocycles. The molecule has 0 bridgehead atoms. The van der Waals surface area contributed by atoms with Crippen molar-refractivity contribution in [2.45, 2.75) is 355 Å². The first-order valence-corrected chi connectivity index (χ1v) is 30.8. The number of ether oxygens (including phenoxy) is 3. The molecule has 0 aliphatic rings. The molecule has 0 N–H and O–H groups in total. The van der Waals surface area contributed by atoms with Gasteiger partial charge in [-0.1, -0.05) is 311 Å². The normalized spacial score (nSPS) is 12.4. The van der Waals surface area contributed by atoms with Gasteiger partial charge in [-0.2, -0.15) is 0 Å². The minimum atomic E-state index is -0.763. The van der Waals surface area contributed by atoms with Gasteiger partial charge in [-0.05, 0) is 31.1 Å². The van der Waals surface area contributed by atoms with E-state index in [-0.39, 0.29) is 31.1 Å². The molecule has 0 aliphatic carbocycles. The maximum atomic E-state index is 12.9. The second-order valence-corrected chi connectivity index (χ2v) is 22.1. The van der Waals surface area contributed by atoms with Crippen LogP contribution < -0.4 is 0 Å². The highest BCUT2D eigenvalue weighted by Gasteiger charge is 2.19. The van der Waals surface area contributed by atoms with Crippen LogP contribution in [0.15, 0.2) is 0 Å². The summed E-state index contributed by atoms with van der Waals surface area (Å²) >= 11 is 0. The number of esters is 3. The Labute approximate surface area is 425 Å². The van der Waals surface area contributed by atoms with Crippen molar-refractivity contribution in [1.29, 1.82) is 0 Å². The third-order valence-corrected chi connectivity index (χ3v) is 14.6. The number of unbranched alkanes of at least 4 members (excludes halogenated alkanes) is 40. The molecule has 1 unspecified atom stereocenters. The molecule has 0 saturated carbocycles. The molecule has 0 saturated heterocycles. The lowest BCUT2D eigenvalue weighted by atomic mass is 9.99. The predicted molar refractivity (Wildman–Crippen MR) is 293 cm³/mol. The summed E-state index contributed by atoms with van der Waals surface area (Å²) in [5.41, 5.74) is 0. The van der Waals surface area contributed by atoms with E-state index in [1.54, 1.807) is 0 Å². The number of carbonyl (C=O) groups is 3. The summed E-state index contributed by atoms with van der Waals surface area (Å²) in [5.74, 6) is 0.905. The van der Waals surface area contributed by atoms with Crippen LogP contribution in [0.4, 0.5) is 0 Å². The summed E-state index contributed by atoms with van der Waals surface area (Å²) in [6.07, 6.45) is 59.4. The first-order chi connectivity index (χ1) is 33.3. The Kier molecular flexibility index (Phi) is 53.5. The van der Waals surface area contributed by atoms with Gasteiger partial charge in [-0.3, -0.25) is 14.4 Å². The maximum absolute atomic E-state index is 12.9. The molecule has 404 valence electrons. The van der Waals surface area contributed by atoms with E-state index in [1.807, 2.05) is 0 Å². The highest BCUT2D eigenvalue weighted by atomic mass is 16.6. The third kappa shape index (κ3) is 53.8. The van der Waals surface area contributed by atoms with Crippen LogP contribution in [0.5, 0.6) is 0 Å². The molecular weight excluding hydrogens is 841 g/mol. The van der Waals surface area contributed by atoms with Gasteiger partial charge >= 0.3 is 17.9 Å². The zero-order valence-electron chi connectivity index (χ0n) is 46.7. The Bertz CT molecular complexity index is 1040. The second kappa shape index (κ2) is 54.7. The van der Waals surface area contributed by atoms with Crippen molar-refractivity contribution < 1.29 is 28.6 Å². The van der Waals surface area contributed by atoms with Crippen LogP contribution in [0.3, 0.4) is 0 Å². The predicted octanol–water partition coefficient (Wildman–Crippen LogP) is 20.4. The zero-order chi connectivity index (χ0) is 49.6. The Morgan fingerprint density at radius 1 is 0.309 bits per heavy atom. The van der Waals surface area contributed by atoms with Crippen LogP contribution in [0, 0.1) is 11.8 Å². The molecule has 68 heavy (non-hydrogen) atoms. The van der Waals surface area contributed by atoms with Gasteiger partial charge < -0.3 is 14.2 Å². The first-order valence-electron chi connectivity index (χ1n) is 30.8. The molecule has 0 aromatic heterocycles. The van der Waals surface area contributed by atoms with Crippen molar-refractivity contribution in [3.8, 4) is 0 Å². The standard InChI is InChI=1S/C62H120O6/c1-6-8-9-10-11-12-13-14-15-22-27-32-37-42-47-52-60(63)66-55-59(56-67-61(64)53-48-43-38-33-28-23-18-16-20-25-30-35-40-45-50-57(3)4)68-62(65)54-49-44-39-34-29-24-19-17-21-26-31-36-41-46-51-58(5)7-2/h57-59H,6-56H2,1-5H3/t58?,59-/m1/s1. The molecular formula is C62H120O6. The summed E-state index contributed by atoms with van der Waals surface area (Å²) in [5, 5.41) is 0. The maximum Gasteiger partial charge on any atom is 0.306 e. The van der Waals surface area contributed by atoms with Gasteiger partial charge in [-0.25, -0.2) is 0 Å². The minimum absolute atomic E-state index is 0.0621. The molecule has 0 aromatic rings. The van der Waals surface area contributed by atoms with Crippen LogP contribution in [0.25, 0.3) is 0 Å².